The number of anilines is 4. The molecule has 29 heavy (non-hydrogen) atoms. The Balaban J connectivity index is 2.13. The summed E-state index contributed by atoms with van der Waals surface area (Å²) in [5.41, 5.74) is 12.5. The van der Waals surface area contributed by atoms with E-state index in [1.165, 1.54) is 24.3 Å². The normalized spacial score (nSPS) is 11.2. The summed E-state index contributed by atoms with van der Waals surface area (Å²) in [6, 6.07) is 7.53. The van der Waals surface area contributed by atoms with Crippen molar-refractivity contribution in [2.75, 3.05) is 34.7 Å². The maximum atomic E-state index is 12.7. The van der Waals surface area contributed by atoms with Crippen LogP contribution in [0.15, 0.2) is 29.2 Å². The van der Waals surface area contributed by atoms with Gasteiger partial charge in [-0.3, -0.25) is 4.72 Å². The highest BCUT2D eigenvalue weighted by atomic mass is 32.2. The first-order valence-electron chi connectivity index (χ1n) is 8.38. The van der Waals surface area contributed by atoms with Gasteiger partial charge in [0.15, 0.2) is 11.5 Å². The number of hydrogen-bond acceptors (Lipinski definition) is 10. The summed E-state index contributed by atoms with van der Waals surface area (Å²) in [7, 11) is -4.03. The van der Waals surface area contributed by atoms with Crippen LogP contribution >= 0.6 is 0 Å². The Kier molecular flexibility index (Phi) is 5.35. The van der Waals surface area contributed by atoms with Gasteiger partial charge < -0.3 is 21.9 Å². The molecule has 0 atom stereocenters. The van der Waals surface area contributed by atoms with Crippen molar-refractivity contribution in [3.8, 4) is 6.07 Å². The number of fused-ring (bicyclic) bond motifs is 1. The fourth-order valence-electron chi connectivity index (χ4n) is 2.66. The lowest BCUT2D eigenvalue weighted by molar-refractivity contribution is 0.311. The average molecular weight is 414 g/mol. The Hall–Kier alpha value is -3.69. The van der Waals surface area contributed by atoms with E-state index < -0.39 is 10.0 Å². The second kappa shape index (κ2) is 7.74. The van der Waals surface area contributed by atoms with Crippen molar-refractivity contribution in [2.24, 2.45) is 0 Å². The van der Waals surface area contributed by atoms with Gasteiger partial charge in [-0.15, -0.1) is 0 Å². The summed E-state index contributed by atoms with van der Waals surface area (Å²) in [5, 5.41) is 21.6. The van der Waals surface area contributed by atoms with Gasteiger partial charge in [-0.05, 0) is 36.8 Å². The van der Waals surface area contributed by atoms with Crippen molar-refractivity contribution in [2.45, 2.75) is 11.8 Å². The van der Waals surface area contributed by atoms with Crippen LogP contribution in [0.5, 0.6) is 0 Å². The molecule has 3 rings (SSSR count). The molecule has 0 bridgehead atoms. The van der Waals surface area contributed by atoms with Gasteiger partial charge in [-0.2, -0.15) is 15.2 Å². The van der Waals surface area contributed by atoms with Crippen molar-refractivity contribution in [1.82, 2.24) is 15.0 Å². The molecule has 2 heterocycles. The second-order valence-corrected chi connectivity index (χ2v) is 7.71. The number of nitriles is 1. The molecule has 0 spiro atoms. The molecule has 1 aromatic carbocycles. The molecule has 0 aliphatic carbocycles. The van der Waals surface area contributed by atoms with E-state index in [0.29, 0.717) is 16.6 Å². The number of nitrogens with zero attached hydrogens (tertiary/aromatic N) is 4. The molecular formula is C17H18N8O3S. The van der Waals surface area contributed by atoms with Gasteiger partial charge in [0, 0.05) is 12.2 Å². The molecule has 0 saturated heterocycles. The third-order valence-electron chi connectivity index (χ3n) is 4.05. The predicted molar refractivity (Wildman–Crippen MR) is 108 cm³/mol. The summed E-state index contributed by atoms with van der Waals surface area (Å²) in [5.74, 6) is 0.0124. The van der Waals surface area contributed by atoms with E-state index in [-0.39, 0.29) is 46.8 Å². The molecule has 0 amide bonds. The molecule has 2 aromatic heterocycles. The highest BCUT2D eigenvalue weighted by Crippen LogP contribution is 2.29. The van der Waals surface area contributed by atoms with Crippen LogP contribution in [0.3, 0.4) is 0 Å². The molecule has 7 N–H and O–H groups in total. The Morgan fingerprint density at radius 2 is 1.86 bits per heavy atom. The molecule has 0 fully saturated rings. The number of nitrogens with one attached hydrogen (secondary N) is 2. The number of nitrogen functional groups attached to an aromatic ring is 2. The predicted octanol–water partition coefficient (Wildman–Crippen LogP) is 0.574. The zero-order chi connectivity index (χ0) is 21.2. The van der Waals surface area contributed by atoms with Crippen molar-refractivity contribution in [1.29, 1.82) is 5.26 Å². The second-order valence-electron chi connectivity index (χ2n) is 6.03. The number of aliphatic hydroxyl groups is 1. The molecule has 0 aliphatic heterocycles. The molecule has 12 heteroatoms. The van der Waals surface area contributed by atoms with Gasteiger partial charge >= 0.3 is 0 Å². The third kappa shape index (κ3) is 3.96. The topological polar surface area (TPSA) is 193 Å². The molecule has 0 radical (unpaired) electrons. The zero-order valence-electron chi connectivity index (χ0n) is 15.3. The van der Waals surface area contributed by atoms with E-state index in [9.17, 15) is 13.7 Å². The van der Waals surface area contributed by atoms with Crippen LogP contribution in [0.25, 0.3) is 11.0 Å². The lowest BCUT2D eigenvalue weighted by atomic mass is 10.1. The number of sulfonamides is 1. The monoisotopic (exact) mass is 414 g/mol. The molecule has 150 valence electrons. The quantitative estimate of drug-likeness (QED) is 0.356. The fraction of sp³-hybridized carbons (Fsp3) is 0.176. The zero-order valence-corrected chi connectivity index (χ0v) is 16.2. The number of pyridine rings is 1. The van der Waals surface area contributed by atoms with Crippen LogP contribution in [0, 0.1) is 18.3 Å². The summed E-state index contributed by atoms with van der Waals surface area (Å²) in [6.07, 6.45) is 0. The highest BCUT2D eigenvalue weighted by molar-refractivity contribution is 7.92. The number of aromatic nitrogens is 3. The number of nitrogens with two attached hydrogens (primary N) is 2. The Bertz CT molecular complexity index is 1220. The van der Waals surface area contributed by atoms with E-state index in [2.05, 4.69) is 25.0 Å². The number of aliphatic hydroxyl groups excluding tert-OH is 1. The van der Waals surface area contributed by atoms with Crippen molar-refractivity contribution >= 4 is 44.3 Å². The van der Waals surface area contributed by atoms with Crippen LogP contribution < -0.4 is 21.5 Å². The SMILES string of the molecule is Cc1c(C#N)c(NS(=O)(=O)c2ccc(N)cc2)nc2nc(NCCO)nc(N)c12. The first-order chi connectivity index (χ1) is 13.8. The fourth-order valence-corrected chi connectivity index (χ4v) is 3.68. The number of aryl methyl sites for hydroxylation is 1. The Labute approximate surface area is 166 Å². The molecule has 0 unspecified atom stereocenters. The molecule has 0 saturated carbocycles. The van der Waals surface area contributed by atoms with E-state index >= 15 is 0 Å². The van der Waals surface area contributed by atoms with Gasteiger partial charge in [0.25, 0.3) is 10.0 Å². The lowest BCUT2D eigenvalue weighted by Crippen LogP contribution is -2.16. The first-order valence-corrected chi connectivity index (χ1v) is 9.86. The summed E-state index contributed by atoms with van der Waals surface area (Å²) in [4.78, 5) is 12.4. The van der Waals surface area contributed by atoms with Gasteiger partial charge in [-0.25, -0.2) is 13.4 Å². The van der Waals surface area contributed by atoms with E-state index in [4.69, 9.17) is 16.6 Å². The minimum atomic E-state index is -4.03. The third-order valence-corrected chi connectivity index (χ3v) is 5.41. The lowest BCUT2D eigenvalue weighted by Gasteiger charge is -2.14. The van der Waals surface area contributed by atoms with E-state index in [1.807, 2.05) is 6.07 Å². The van der Waals surface area contributed by atoms with Gasteiger partial charge in [0.05, 0.1) is 22.5 Å². The van der Waals surface area contributed by atoms with Crippen molar-refractivity contribution in [3.63, 3.8) is 0 Å². The van der Waals surface area contributed by atoms with E-state index in [1.54, 1.807) is 6.92 Å². The smallest absolute Gasteiger partial charge is 0.263 e. The van der Waals surface area contributed by atoms with Crippen LogP contribution in [0.1, 0.15) is 11.1 Å². The first kappa shape index (κ1) is 20.1. The molecule has 11 nitrogen and oxygen atoms in total. The standard InChI is InChI=1S/C17H18N8O3S/c1-9-12(8-18)15(25-29(27,28)11-4-2-10(19)3-5-11)23-16-13(9)14(20)22-17(24-16)21-6-7-26/h2-5,26H,6-7,19H2,1H3,(H4,20,21,22,23,24,25). The maximum Gasteiger partial charge on any atom is 0.263 e. The Morgan fingerprint density at radius 1 is 1.17 bits per heavy atom. The highest BCUT2D eigenvalue weighted by Gasteiger charge is 2.22. The number of benzene rings is 1. The minimum Gasteiger partial charge on any atom is -0.399 e. The van der Waals surface area contributed by atoms with Gasteiger partial charge in [0.1, 0.15) is 11.9 Å². The van der Waals surface area contributed by atoms with Crippen molar-refractivity contribution in [3.05, 3.63) is 35.4 Å². The largest absolute Gasteiger partial charge is 0.399 e. The van der Waals surface area contributed by atoms with Gasteiger partial charge in [-0.1, -0.05) is 0 Å². The summed E-state index contributed by atoms with van der Waals surface area (Å²) < 4.78 is 27.7. The number of rotatable bonds is 6. The number of hydrogen-bond donors (Lipinski definition) is 5. The Morgan fingerprint density at radius 3 is 2.48 bits per heavy atom. The van der Waals surface area contributed by atoms with E-state index in [0.717, 1.165) is 0 Å². The molecule has 3 aromatic rings. The summed E-state index contributed by atoms with van der Waals surface area (Å²) in [6.45, 7) is 1.65. The summed E-state index contributed by atoms with van der Waals surface area (Å²) >= 11 is 0. The maximum absolute atomic E-state index is 12.7. The van der Waals surface area contributed by atoms with Crippen LogP contribution in [0.2, 0.25) is 0 Å². The molecule has 0 aliphatic rings. The average Bonchev–Trinajstić information content (AvgIpc) is 2.66. The van der Waals surface area contributed by atoms with Crippen LogP contribution in [-0.2, 0) is 10.0 Å². The van der Waals surface area contributed by atoms with Crippen molar-refractivity contribution < 1.29 is 13.5 Å². The minimum absolute atomic E-state index is 0.00267. The van der Waals surface area contributed by atoms with Crippen LogP contribution in [0.4, 0.5) is 23.3 Å². The van der Waals surface area contributed by atoms with Crippen LogP contribution in [-0.4, -0.2) is 41.6 Å². The van der Waals surface area contributed by atoms with Gasteiger partial charge in [0.2, 0.25) is 5.95 Å². The molecular weight excluding hydrogens is 396 g/mol.